The van der Waals surface area contributed by atoms with Crippen molar-refractivity contribution in [1.82, 2.24) is 4.98 Å². The second-order valence-electron chi connectivity index (χ2n) is 2.77. The molecule has 0 aromatic carbocycles. The molecule has 1 aliphatic rings. The largest absolute Gasteiger partial charge is 0.309 e. The molecule has 1 aromatic heterocycles. The van der Waals surface area contributed by atoms with Gasteiger partial charge in [0.05, 0.1) is 11.4 Å². The Bertz CT molecular complexity index is 260. The second-order valence-corrected chi connectivity index (χ2v) is 2.77. The number of pyridine rings is 1. The summed E-state index contributed by atoms with van der Waals surface area (Å²) in [6, 6.07) is 3.94. The summed E-state index contributed by atoms with van der Waals surface area (Å²) in [5, 5.41) is 1.77. The lowest BCUT2D eigenvalue weighted by atomic mass is 10.1. The summed E-state index contributed by atoms with van der Waals surface area (Å²) < 4.78 is 0. The van der Waals surface area contributed by atoms with Crippen molar-refractivity contribution in [3.8, 4) is 0 Å². The van der Waals surface area contributed by atoms with Crippen LogP contribution in [0, 0.1) is 0 Å². The van der Waals surface area contributed by atoms with E-state index < -0.39 is 0 Å². The van der Waals surface area contributed by atoms with Crippen molar-refractivity contribution in [2.24, 2.45) is 5.84 Å². The summed E-state index contributed by atoms with van der Waals surface area (Å²) >= 11 is 0. The minimum Gasteiger partial charge on any atom is -0.309 e. The smallest absolute Gasteiger partial charge is 0.0732 e. The first kappa shape index (κ1) is 9.99. The Morgan fingerprint density at radius 2 is 2.23 bits per heavy atom. The van der Waals surface area contributed by atoms with Crippen molar-refractivity contribution in [2.75, 3.05) is 11.6 Å². The Hall–Kier alpha value is -1.09. The van der Waals surface area contributed by atoms with Crippen LogP contribution in [0.1, 0.15) is 26.0 Å². The van der Waals surface area contributed by atoms with Gasteiger partial charge in [0, 0.05) is 12.7 Å². The number of hydrazine groups is 1. The van der Waals surface area contributed by atoms with E-state index in [-0.39, 0.29) is 0 Å². The lowest BCUT2D eigenvalue weighted by Gasteiger charge is -2.25. The molecule has 1 aliphatic heterocycles. The molecule has 2 heterocycles. The van der Waals surface area contributed by atoms with Crippen molar-refractivity contribution >= 4 is 5.69 Å². The fourth-order valence-electron chi connectivity index (χ4n) is 1.42. The van der Waals surface area contributed by atoms with Gasteiger partial charge in [0.2, 0.25) is 0 Å². The average Bonchev–Trinajstić information content (AvgIpc) is 2.22. The molecule has 3 heteroatoms. The number of hydrogen-bond acceptors (Lipinski definition) is 3. The van der Waals surface area contributed by atoms with Gasteiger partial charge >= 0.3 is 0 Å². The molecule has 0 saturated carbocycles. The molecule has 0 radical (unpaired) electrons. The first-order valence-corrected chi connectivity index (χ1v) is 4.84. The van der Waals surface area contributed by atoms with Crippen LogP contribution < -0.4 is 10.9 Å². The molecule has 0 unspecified atom stereocenters. The molecular formula is C10H17N3. The molecule has 0 atom stereocenters. The second kappa shape index (κ2) is 4.82. The fourth-order valence-corrected chi connectivity index (χ4v) is 1.42. The zero-order valence-corrected chi connectivity index (χ0v) is 8.33. The molecule has 1 aromatic rings. The van der Waals surface area contributed by atoms with Crippen LogP contribution >= 0.6 is 0 Å². The maximum atomic E-state index is 5.74. The van der Waals surface area contributed by atoms with Gasteiger partial charge in [-0.05, 0) is 25.0 Å². The summed E-state index contributed by atoms with van der Waals surface area (Å²) in [4.78, 5) is 4.25. The number of aromatic nitrogens is 1. The Morgan fingerprint density at radius 3 is 2.92 bits per heavy atom. The van der Waals surface area contributed by atoms with Crippen LogP contribution in [0.5, 0.6) is 0 Å². The van der Waals surface area contributed by atoms with E-state index >= 15 is 0 Å². The number of aryl methyl sites for hydroxylation is 1. The van der Waals surface area contributed by atoms with E-state index in [4.69, 9.17) is 5.84 Å². The minimum atomic E-state index is 0.943. The van der Waals surface area contributed by atoms with Crippen LogP contribution in [0.3, 0.4) is 0 Å². The molecule has 0 spiro atoms. The number of rotatable bonds is 0. The third kappa shape index (κ3) is 2.18. The van der Waals surface area contributed by atoms with E-state index in [2.05, 4.69) is 4.98 Å². The van der Waals surface area contributed by atoms with Gasteiger partial charge in [-0.2, -0.15) is 0 Å². The average molecular weight is 179 g/mol. The number of hydrogen-bond donors (Lipinski definition) is 1. The molecule has 3 nitrogen and oxygen atoms in total. The van der Waals surface area contributed by atoms with Gasteiger partial charge in [-0.1, -0.05) is 13.8 Å². The maximum Gasteiger partial charge on any atom is 0.0732 e. The zero-order chi connectivity index (χ0) is 9.68. The Labute approximate surface area is 79.5 Å². The van der Waals surface area contributed by atoms with Crippen molar-refractivity contribution in [3.63, 3.8) is 0 Å². The number of nitrogens with two attached hydrogens (primary N) is 1. The molecule has 0 saturated heterocycles. The molecule has 2 N–H and O–H groups in total. The van der Waals surface area contributed by atoms with Crippen LogP contribution in [0.25, 0.3) is 0 Å². The molecule has 0 aliphatic carbocycles. The van der Waals surface area contributed by atoms with Crippen molar-refractivity contribution in [3.05, 3.63) is 24.0 Å². The summed E-state index contributed by atoms with van der Waals surface area (Å²) in [5.41, 5.74) is 2.21. The summed E-state index contributed by atoms with van der Waals surface area (Å²) in [7, 11) is 0. The van der Waals surface area contributed by atoms with Gasteiger partial charge in [-0.15, -0.1) is 0 Å². The minimum absolute atomic E-state index is 0.943. The predicted molar refractivity (Wildman–Crippen MR) is 55.4 cm³/mol. The third-order valence-corrected chi connectivity index (χ3v) is 1.99. The van der Waals surface area contributed by atoms with Gasteiger partial charge in [0.25, 0.3) is 0 Å². The molecular weight excluding hydrogens is 162 g/mol. The molecule has 0 amide bonds. The standard InChI is InChI=1S/C8H11N3.C2H6/c9-11-6-2-3-7-8(11)4-1-5-10-7;1-2/h1,4-5H,2-3,6,9H2;1-2H3. The Kier molecular flexibility index (Phi) is 3.71. The van der Waals surface area contributed by atoms with Crippen molar-refractivity contribution in [1.29, 1.82) is 0 Å². The van der Waals surface area contributed by atoms with E-state index in [9.17, 15) is 0 Å². The number of nitrogens with zero attached hydrogens (tertiary/aromatic N) is 2. The van der Waals surface area contributed by atoms with E-state index in [1.54, 1.807) is 5.01 Å². The summed E-state index contributed by atoms with van der Waals surface area (Å²) in [6.07, 6.45) is 3.99. The van der Waals surface area contributed by atoms with Crippen LogP contribution in [0.4, 0.5) is 5.69 Å². The maximum absolute atomic E-state index is 5.74. The van der Waals surface area contributed by atoms with Crippen molar-refractivity contribution in [2.45, 2.75) is 26.7 Å². The van der Waals surface area contributed by atoms with E-state index in [0.717, 1.165) is 30.8 Å². The quantitative estimate of drug-likeness (QED) is 0.617. The normalized spacial score (nSPS) is 14.2. The molecule has 0 fully saturated rings. The predicted octanol–water partition coefficient (Wildman–Crippen LogP) is 1.73. The topological polar surface area (TPSA) is 42.1 Å². The summed E-state index contributed by atoms with van der Waals surface area (Å²) in [6.45, 7) is 4.94. The van der Waals surface area contributed by atoms with E-state index in [1.807, 2.05) is 32.2 Å². The highest BCUT2D eigenvalue weighted by molar-refractivity contribution is 5.50. The fraction of sp³-hybridized carbons (Fsp3) is 0.500. The van der Waals surface area contributed by atoms with Gasteiger partial charge in [0.15, 0.2) is 0 Å². The first-order valence-electron chi connectivity index (χ1n) is 4.84. The highest BCUT2D eigenvalue weighted by Gasteiger charge is 2.13. The van der Waals surface area contributed by atoms with Crippen LogP contribution in [-0.2, 0) is 6.42 Å². The molecule has 2 rings (SSSR count). The van der Waals surface area contributed by atoms with Crippen molar-refractivity contribution < 1.29 is 0 Å². The van der Waals surface area contributed by atoms with Crippen LogP contribution in [0.2, 0.25) is 0 Å². The van der Waals surface area contributed by atoms with Gasteiger partial charge in [0.1, 0.15) is 0 Å². The van der Waals surface area contributed by atoms with Crippen LogP contribution in [0.15, 0.2) is 18.3 Å². The SMILES string of the molecule is CC.NN1CCCc2ncccc21. The highest BCUT2D eigenvalue weighted by atomic mass is 15.4. The van der Waals surface area contributed by atoms with Gasteiger partial charge in [-0.3, -0.25) is 4.98 Å². The van der Waals surface area contributed by atoms with Crippen LogP contribution in [-0.4, -0.2) is 11.5 Å². The number of anilines is 1. The lowest BCUT2D eigenvalue weighted by Crippen LogP contribution is -2.35. The summed E-state index contributed by atoms with van der Waals surface area (Å²) in [5.74, 6) is 5.74. The third-order valence-electron chi connectivity index (χ3n) is 1.99. The van der Waals surface area contributed by atoms with E-state index in [1.165, 1.54) is 0 Å². The first-order chi connectivity index (χ1) is 6.38. The zero-order valence-electron chi connectivity index (χ0n) is 8.33. The van der Waals surface area contributed by atoms with E-state index in [0.29, 0.717) is 0 Å². The lowest BCUT2D eigenvalue weighted by molar-refractivity contribution is 0.697. The molecule has 0 bridgehead atoms. The Morgan fingerprint density at radius 1 is 1.46 bits per heavy atom. The highest BCUT2D eigenvalue weighted by Crippen LogP contribution is 2.21. The molecule has 72 valence electrons. The number of fused-ring (bicyclic) bond motifs is 1. The molecule has 13 heavy (non-hydrogen) atoms. The monoisotopic (exact) mass is 179 g/mol. The Balaban J connectivity index is 0.000000396. The van der Waals surface area contributed by atoms with Gasteiger partial charge < -0.3 is 5.01 Å². The van der Waals surface area contributed by atoms with Gasteiger partial charge in [-0.25, -0.2) is 5.84 Å².